The Morgan fingerprint density at radius 2 is 2.26 bits per heavy atom. The van der Waals surface area contributed by atoms with Crippen LogP contribution in [0.2, 0.25) is 0 Å². The highest BCUT2D eigenvalue weighted by atomic mass is 15.3. The third kappa shape index (κ3) is 4.05. The Hall–Kier alpha value is -0.870. The molecule has 4 nitrogen and oxygen atoms in total. The molecule has 1 N–H and O–H groups in total. The Bertz CT molecular complexity index is 379. The minimum absolute atomic E-state index is 0.674. The molecule has 0 saturated carbocycles. The average molecular weight is 264 g/mol. The zero-order chi connectivity index (χ0) is 13.7. The van der Waals surface area contributed by atoms with Gasteiger partial charge in [0.25, 0.3) is 0 Å². The number of hydrogen-bond acceptors (Lipinski definition) is 3. The van der Waals surface area contributed by atoms with Crippen molar-refractivity contribution < 1.29 is 0 Å². The van der Waals surface area contributed by atoms with Gasteiger partial charge in [0, 0.05) is 25.7 Å². The maximum atomic E-state index is 4.54. The summed E-state index contributed by atoms with van der Waals surface area (Å²) in [6, 6.07) is 2.90. The minimum atomic E-state index is 0.674. The first-order chi connectivity index (χ1) is 9.22. The highest BCUT2D eigenvalue weighted by molar-refractivity contribution is 5.09. The van der Waals surface area contributed by atoms with E-state index in [4.69, 9.17) is 0 Å². The highest BCUT2D eigenvalue weighted by Crippen LogP contribution is 2.12. The fraction of sp³-hybridized carbons (Fsp3) is 0.800. The SMILES string of the molecule is CCN(Cc1cc(C)nn1CC)CC1CCCCN1. The molecule has 1 unspecified atom stereocenters. The number of nitrogens with one attached hydrogen (secondary N) is 1. The van der Waals surface area contributed by atoms with E-state index in [9.17, 15) is 0 Å². The number of rotatable bonds is 6. The predicted octanol–water partition coefficient (Wildman–Crippen LogP) is 2.18. The molecule has 1 aromatic heterocycles. The number of aryl methyl sites for hydroxylation is 2. The van der Waals surface area contributed by atoms with Gasteiger partial charge in [-0.2, -0.15) is 5.10 Å². The lowest BCUT2D eigenvalue weighted by Crippen LogP contribution is -2.43. The lowest BCUT2D eigenvalue weighted by molar-refractivity contribution is 0.221. The van der Waals surface area contributed by atoms with E-state index in [-0.39, 0.29) is 0 Å². The summed E-state index contributed by atoms with van der Waals surface area (Å²) < 4.78 is 2.13. The zero-order valence-corrected chi connectivity index (χ0v) is 12.7. The fourth-order valence-corrected chi connectivity index (χ4v) is 2.93. The Balaban J connectivity index is 1.93. The summed E-state index contributed by atoms with van der Waals surface area (Å²) in [7, 11) is 0. The van der Waals surface area contributed by atoms with Crippen molar-refractivity contribution in [1.82, 2.24) is 20.0 Å². The van der Waals surface area contributed by atoms with Gasteiger partial charge in [0.2, 0.25) is 0 Å². The quantitative estimate of drug-likeness (QED) is 0.855. The minimum Gasteiger partial charge on any atom is -0.313 e. The molecule has 108 valence electrons. The summed E-state index contributed by atoms with van der Waals surface area (Å²) >= 11 is 0. The zero-order valence-electron chi connectivity index (χ0n) is 12.7. The summed E-state index contributed by atoms with van der Waals surface area (Å²) in [5, 5.41) is 8.18. The molecule has 0 aromatic carbocycles. The normalized spacial score (nSPS) is 20.1. The fourth-order valence-electron chi connectivity index (χ4n) is 2.93. The van der Waals surface area contributed by atoms with Gasteiger partial charge in [0.05, 0.1) is 11.4 Å². The second kappa shape index (κ2) is 7.06. The second-order valence-corrected chi connectivity index (χ2v) is 5.57. The van der Waals surface area contributed by atoms with Crippen LogP contribution in [0.5, 0.6) is 0 Å². The van der Waals surface area contributed by atoms with Gasteiger partial charge in [-0.1, -0.05) is 13.3 Å². The molecule has 0 aliphatic carbocycles. The maximum absolute atomic E-state index is 4.54. The summed E-state index contributed by atoms with van der Waals surface area (Å²) in [5.41, 5.74) is 2.47. The van der Waals surface area contributed by atoms with Crippen LogP contribution in [-0.4, -0.2) is 40.4 Å². The van der Waals surface area contributed by atoms with Crippen LogP contribution in [0.1, 0.15) is 44.5 Å². The molecule has 0 bridgehead atoms. The predicted molar refractivity (Wildman–Crippen MR) is 79.2 cm³/mol. The molecule has 4 heteroatoms. The average Bonchev–Trinajstić information content (AvgIpc) is 2.79. The van der Waals surface area contributed by atoms with Gasteiger partial charge in [-0.3, -0.25) is 9.58 Å². The lowest BCUT2D eigenvalue weighted by atomic mass is 10.0. The first-order valence-electron chi connectivity index (χ1n) is 7.72. The molecule has 1 aromatic rings. The Morgan fingerprint density at radius 1 is 1.42 bits per heavy atom. The summed E-state index contributed by atoms with van der Waals surface area (Å²) in [4.78, 5) is 2.53. The highest BCUT2D eigenvalue weighted by Gasteiger charge is 2.17. The monoisotopic (exact) mass is 264 g/mol. The Kier molecular flexibility index (Phi) is 5.40. The van der Waals surface area contributed by atoms with E-state index in [1.807, 2.05) is 0 Å². The molecular weight excluding hydrogens is 236 g/mol. The van der Waals surface area contributed by atoms with E-state index in [1.54, 1.807) is 0 Å². The van der Waals surface area contributed by atoms with E-state index in [0.29, 0.717) is 6.04 Å². The standard InChI is InChI=1S/C15H28N4/c1-4-18(11-14-8-6-7-9-16-14)12-15-10-13(3)17-19(15)5-2/h10,14,16H,4-9,11-12H2,1-3H3. The topological polar surface area (TPSA) is 33.1 Å². The lowest BCUT2D eigenvalue weighted by Gasteiger charge is -2.29. The van der Waals surface area contributed by atoms with Crippen LogP contribution in [0.25, 0.3) is 0 Å². The molecule has 2 rings (SSSR count). The van der Waals surface area contributed by atoms with Crippen LogP contribution < -0.4 is 5.32 Å². The van der Waals surface area contributed by atoms with Crippen molar-refractivity contribution in [2.75, 3.05) is 19.6 Å². The molecular formula is C15H28N4. The maximum Gasteiger partial charge on any atom is 0.0597 e. The summed E-state index contributed by atoms with van der Waals surface area (Å²) in [6.45, 7) is 11.9. The number of aromatic nitrogens is 2. The number of nitrogens with zero attached hydrogens (tertiary/aromatic N) is 3. The Labute approximate surface area is 117 Å². The van der Waals surface area contributed by atoms with Crippen molar-refractivity contribution >= 4 is 0 Å². The second-order valence-electron chi connectivity index (χ2n) is 5.57. The smallest absolute Gasteiger partial charge is 0.0597 e. The summed E-state index contributed by atoms with van der Waals surface area (Å²) in [5.74, 6) is 0. The molecule has 1 atom stereocenters. The van der Waals surface area contributed by atoms with Crippen molar-refractivity contribution in [1.29, 1.82) is 0 Å². The molecule has 1 saturated heterocycles. The van der Waals surface area contributed by atoms with Crippen molar-refractivity contribution in [3.8, 4) is 0 Å². The van der Waals surface area contributed by atoms with Crippen LogP contribution in [0.4, 0.5) is 0 Å². The van der Waals surface area contributed by atoms with Crippen molar-refractivity contribution in [3.63, 3.8) is 0 Å². The van der Waals surface area contributed by atoms with Gasteiger partial charge in [-0.05, 0) is 45.8 Å². The molecule has 0 amide bonds. The van der Waals surface area contributed by atoms with E-state index in [2.05, 4.69) is 46.8 Å². The van der Waals surface area contributed by atoms with Crippen LogP contribution >= 0.6 is 0 Å². The van der Waals surface area contributed by atoms with E-state index < -0.39 is 0 Å². The summed E-state index contributed by atoms with van der Waals surface area (Å²) in [6.07, 6.45) is 4.04. The van der Waals surface area contributed by atoms with Crippen LogP contribution in [0.3, 0.4) is 0 Å². The molecule has 1 aliphatic rings. The van der Waals surface area contributed by atoms with Crippen LogP contribution in [0.15, 0.2) is 6.07 Å². The molecule has 2 heterocycles. The number of piperidine rings is 1. The van der Waals surface area contributed by atoms with E-state index in [1.165, 1.54) is 31.5 Å². The van der Waals surface area contributed by atoms with Gasteiger partial charge >= 0.3 is 0 Å². The van der Waals surface area contributed by atoms with E-state index in [0.717, 1.165) is 31.9 Å². The van der Waals surface area contributed by atoms with Crippen molar-refractivity contribution in [3.05, 3.63) is 17.5 Å². The third-order valence-corrected chi connectivity index (χ3v) is 4.01. The van der Waals surface area contributed by atoms with Gasteiger partial charge < -0.3 is 5.32 Å². The van der Waals surface area contributed by atoms with Gasteiger partial charge in [-0.25, -0.2) is 0 Å². The molecule has 0 spiro atoms. The molecule has 19 heavy (non-hydrogen) atoms. The number of likely N-dealkylation sites (N-methyl/N-ethyl adjacent to an activating group) is 1. The molecule has 1 fully saturated rings. The van der Waals surface area contributed by atoms with Gasteiger partial charge in [0.1, 0.15) is 0 Å². The number of hydrogen-bond donors (Lipinski definition) is 1. The largest absolute Gasteiger partial charge is 0.313 e. The van der Waals surface area contributed by atoms with Crippen LogP contribution in [0, 0.1) is 6.92 Å². The van der Waals surface area contributed by atoms with Crippen LogP contribution in [-0.2, 0) is 13.1 Å². The Morgan fingerprint density at radius 3 is 2.89 bits per heavy atom. The van der Waals surface area contributed by atoms with Crippen molar-refractivity contribution in [2.45, 2.75) is 59.2 Å². The third-order valence-electron chi connectivity index (χ3n) is 4.01. The van der Waals surface area contributed by atoms with Gasteiger partial charge in [0.15, 0.2) is 0 Å². The van der Waals surface area contributed by atoms with Gasteiger partial charge in [-0.15, -0.1) is 0 Å². The van der Waals surface area contributed by atoms with E-state index >= 15 is 0 Å². The first kappa shape index (κ1) is 14.5. The van der Waals surface area contributed by atoms with Crippen molar-refractivity contribution in [2.24, 2.45) is 0 Å². The molecule has 1 aliphatic heterocycles. The molecule has 0 radical (unpaired) electrons. The first-order valence-corrected chi connectivity index (χ1v) is 7.72.